The van der Waals surface area contributed by atoms with Crippen LogP contribution in [0.15, 0.2) is 54.6 Å². The maximum Gasteiger partial charge on any atom is 0.269 e. The standard InChI is InChI=1S/C17H18N4O4/c18-11-16(22)20(13-6-8-14(9-7-13)21(24)25)17(23)15(19)10-12-4-2-1-3-5-12/h1-9,15H,10-11,18-19H2. The summed E-state index contributed by atoms with van der Waals surface area (Å²) in [5.74, 6) is -1.25. The van der Waals surface area contributed by atoms with E-state index in [9.17, 15) is 19.7 Å². The molecule has 0 fully saturated rings. The Balaban J connectivity index is 2.25. The van der Waals surface area contributed by atoms with E-state index in [1.54, 1.807) is 0 Å². The van der Waals surface area contributed by atoms with Crippen molar-refractivity contribution in [1.82, 2.24) is 0 Å². The largest absolute Gasteiger partial charge is 0.322 e. The first-order valence-electron chi connectivity index (χ1n) is 7.55. The predicted molar refractivity (Wildman–Crippen MR) is 92.8 cm³/mol. The average Bonchev–Trinajstić information content (AvgIpc) is 2.62. The normalized spacial score (nSPS) is 11.6. The van der Waals surface area contributed by atoms with Gasteiger partial charge in [0.05, 0.1) is 23.2 Å². The molecular formula is C17H18N4O4. The predicted octanol–water partition coefficient (Wildman–Crippen LogP) is 0.983. The third-order valence-electron chi connectivity index (χ3n) is 3.58. The van der Waals surface area contributed by atoms with Crippen LogP contribution in [0.1, 0.15) is 5.56 Å². The highest BCUT2D eigenvalue weighted by Crippen LogP contribution is 2.20. The summed E-state index contributed by atoms with van der Waals surface area (Å²) in [7, 11) is 0. The van der Waals surface area contributed by atoms with Crippen LogP contribution in [-0.4, -0.2) is 29.3 Å². The molecule has 1 atom stereocenters. The van der Waals surface area contributed by atoms with Crippen LogP contribution in [0.5, 0.6) is 0 Å². The third kappa shape index (κ3) is 4.46. The first kappa shape index (κ1) is 18.2. The zero-order valence-electron chi connectivity index (χ0n) is 13.4. The number of nitro benzene ring substituents is 1. The lowest BCUT2D eigenvalue weighted by Gasteiger charge is -2.23. The van der Waals surface area contributed by atoms with E-state index in [1.807, 2.05) is 30.3 Å². The maximum atomic E-state index is 12.7. The molecule has 1 unspecified atom stereocenters. The number of hydrogen-bond acceptors (Lipinski definition) is 6. The smallest absolute Gasteiger partial charge is 0.269 e. The van der Waals surface area contributed by atoms with E-state index in [1.165, 1.54) is 24.3 Å². The molecule has 0 aromatic heterocycles. The van der Waals surface area contributed by atoms with Gasteiger partial charge in [-0.2, -0.15) is 0 Å². The van der Waals surface area contributed by atoms with Gasteiger partial charge in [0.1, 0.15) is 0 Å². The van der Waals surface area contributed by atoms with Crippen LogP contribution >= 0.6 is 0 Å². The summed E-state index contributed by atoms with van der Waals surface area (Å²) in [6, 6.07) is 13.3. The van der Waals surface area contributed by atoms with Crippen molar-refractivity contribution in [2.75, 3.05) is 11.4 Å². The van der Waals surface area contributed by atoms with Crippen molar-refractivity contribution in [1.29, 1.82) is 0 Å². The number of nitrogens with zero attached hydrogens (tertiary/aromatic N) is 2. The van der Waals surface area contributed by atoms with E-state index in [2.05, 4.69) is 0 Å². The first-order valence-corrected chi connectivity index (χ1v) is 7.55. The van der Waals surface area contributed by atoms with Gasteiger partial charge < -0.3 is 11.5 Å². The number of anilines is 1. The zero-order chi connectivity index (χ0) is 18.4. The van der Waals surface area contributed by atoms with Crippen molar-refractivity contribution in [3.8, 4) is 0 Å². The lowest BCUT2D eigenvalue weighted by molar-refractivity contribution is -0.384. The van der Waals surface area contributed by atoms with Crippen molar-refractivity contribution in [3.63, 3.8) is 0 Å². The number of hydrogen-bond donors (Lipinski definition) is 2. The van der Waals surface area contributed by atoms with E-state index >= 15 is 0 Å². The number of nitro groups is 1. The fourth-order valence-electron chi connectivity index (χ4n) is 2.33. The van der Waals surface area contributed by atoms with E-state index in [4.69, 9.17) is 11.5 Å². The second kappa shape index (κ2) is 8.13. The average molecular weight is 342 g/mol. The Hall–Kier alpha value is -3.10. The molecule has 0 bridgehead atoms. The molecule has 0 aliphatic carbocycles. The summed E-state index contributed by atoms with van der Waals surface area (Å²) >= 11 is 0. The van der Waals surface area contributed by atoms with Crippen LogP contribution in [0.3, 0.4) is 0 Å². The summed E-state index contributed by atoms with van der Waals surface area (Å²) < 4.78 is 0. The second-order valence-electron chi connectivity index (χ2n) is 5.34. The van der Waals surface area contributed by atoms with E-state index in [0.29, 0.717) is 0 Å². The summed E-state index contributed by atoms with van der Waals surface area (Å²) in [6.07, 6.45) is 0.251. The number of amides is 2. The minimum Gasteiger partial charge on any atom is -0.322 e. The maximum absolute atomic E-state index is 12.7. The van der Waals surface area contributed by atoms with Crippen LogP contribution in [-0.2, 0) is 16.0 Å². The summed E-state index contributed by atoms with van der Waals surface area (Å²) in [5, 5.41) is 10.7. The van der Waals surface area contributed by atoms with Gasteiger partial charge in [0.15, 0.2) is 0 Å². The summed E-state index contributed by atoms with van der Waals surface area (Å²) in [6.45, 7) is -0.388. The van der Waals surface area contributed by atoms with Crippen LogP contribution in [0.25, 0.3) is 0 Å². The molecule has 0 spiro atoms. The van der Waals surface area contributed by atoms with Gasteiger partial charge in [-0.25, -0.2) is 4.90 Å². The van der Waals surface area contributed by atoms with Crippen molar-refractivity contribution in [2.45, 2.75) is 12.5 Å². The third-order valence-corrected chi connectivity index (χ3v) is 3.58. The lowest BCUT2D eigenvalue weighted by atomic mass is 10.1. The number of carbonyl (C=O) groups excluding carboxylic acids is 2. The van der Waals surface area contributed by atoms with Gasteiger partial charge in [-0.1, -0.05) is 30.3 Å². The van der Waals surface area contributed by atoms with Gasteiger partial charge in [0.25, 0.3) is 11.6 Å². The lowest BCUT2D eigenvalue weighted by Crippen LogP contribution is -2.50. The van der Waals surface area contributed by atoms with Crippen LogP contribution < -0.4 is 16.4 Å². The highest BCUT2D eigenvalue weighted by molar-refractivity contribution is 6.17. The summed E-state index contributed by atoms with van der Waals surface area (Å²) in [5.41, 5.74) is 12.2. The fourth-order valence-corrected chi connectivity index (χ4v) is 2.33. The van der Waals surface area contributed by atoms with E-state index in [0.717, 1.165) is 10.5 Å². The number of rotatable bonds is 6. The van der Waals surface area contributed by atoms with Gasteiger partial charge >= 0.3 is 0 Å². The number of carbonyl (C=O) groups is 2. The Bertz CT molecular complexity index is 762. The minimum absolute atomic E-state index is 0.148. The molecule has 0 saturated carbocycles. The number of nitrogens with two attached hydrogens (primary N) is 2. The molecule has 0 aliphatic rings. The molecule has 0 heterocycles. The quantitative estimate of drug-likeness (QED) is 0.594. The monoisotopic (exact) mass is 342 g/mol. The van der Waals surface area contributed by atoms with Gasteiger partial charge in [-0.05, 0) is 24.1 Å². The van der Waals surface area contributed by atoms with Crippen molar-refractivity contribution in [3.05, 3.63) is 70.3 Å². The van der Waals surface area contributed by atoms with Crippen molar-refractivity contribution < 1.29 is 14.5 Å². The SMILES string of the molecule is NCC(=O)N(C(=O)C(N)Cc1ccccc1)c1ccc([N+](=O)[O-])cc1. The van der Waals surface area contributed by atoms with Gasteiger partial charge in [0, 0.05) is 12.1 Å². The van der Waals surface area contributed by atoms with Gasteiger partial charge in [0.2, 0.25) is 5.91 Å². The Morgan fingerprint density at radius 1 is 1.08 bits per heavy atom. The van der Waals surface area contributed by atoms with Gasteiger partial charge in [-0.3, -0.25) is 19.7 Å². The molecule has 0 radical (unpaired) electrons. The molecule has 25 heavy (non-hydrogen) atoms. The summed E-state index contributed by atoms with van der Waals surface area (Å²) in [4.78, 5) is 35.8. The zero-order valence-corrected chi connectivity index (χ0v) is 13.4. The molecule has 8 heteroatoms. The van der Waals surface area contributed by atoms with Crippen LogP contribution in [0, 0.1) is 10.1 Å². The first-order chi connectivity index (χ1) is 11.9. The molecule has 0 aliphatic heterocycles. The molecule has 0 saturated heterocycles. The molecule has 2 amide bonds. The Morgan fingerprint density at radius 3 is 2.20 bits per heavy atom. The number of non-ortho nitro benzene ring substituents is 1. The second-order valence-corrected chi connectivity index (χ2v) is 5.34. The Labute approximate surface area is 144 Å². The molecule has 8 nitrogen and oxygen atoms in total. The topological polar surface area (TPSA) is 133 Å². The molecule has 4 N–H and O–H groups in total. The molecule has 2 aromatic carbocycles. The van der Waals surface area contributed by atoms with Crippen molar-refractivity contribution in [2.24, 2.45) is 11.5 Å². The number of benzene rings is 2. The van der Waals surface area contributed by atoms with Gasteiger partial charge in [-0.15, -0.1) is 0 Å². The highest BCUT2D eigenvalue weighted by atomic mass is 16.6. The van der Waals surface area contributed by atoms with E-state index < -0.39 is 22.8 Å². The Morgan fingerprint density at radius 2 is 1.68 bits per heavy atom. The van der Waals surface area contributed by atoms with Crippen LogP contribution in [0.2, 0.25) is 0 Å². The van der Waals surface area contributed by atoms with Crippen molar-refractivity contribution >= 4 is 23.2 Å². The van der Waals surface area contributed by atoms with E-state index in [-0.39, 0.29) is 24.3 Å². The Kier molecular flexibility index (Phi) is 5.93. The fraction of sp³-hybridized carbons (Fsp3) is 0.176. The molecule has 2 aromatic rings. The van der Waals surface area contributed by atoms with Crippen LogP contribution in [0.4, 0.5) is 11.4 Å². The molecular weight excluding hydrogens is 324 g/mol. The molecule has 130 valence electrons. The minimum atomic E-state index is -0.951. The molecule has 2 rings (SSSR count). The number of imide groups is 1. The highest BCUT2D eigenvalue weighted by Gasteiger charge is 2.27.